The van der Waals surface area contributed by atoms with Gasteiger partial charge in [-0.25, -0.2) is 4.79 Å². The quantitative estimate of drug-likeness (QED) is 0.339. The minimum Gasteiger partial charge on any atom is -0.450 e. The topological polar surface area (TPSA) is 87.5 Å². The number of likely N-dealkylation sites (tertiary alicyclic amines) is 1. The van der Waals surface area contributed by atoms with Crippen molar-refractivity contribution in [1.82, 2.24) is 4.90 Å². The van der Waals surface area contributed by atoms with Gasteiger partial charge < -0.3 is 14.1 Å². The molecule has 2 atom stereocenters. The van der Waals surface area contributed by atoms with Gasteiger partial charge >= 0.3 is 6.09 Å². The number of nitrogens with zero attached hydrogens (tertiary/aromatic N) is 4. The van der Waals surface area contributed by atoms with Crippen molar-refractivity contribution < 1.29 is 14.0 Å². The number of carbonyl (C=O) groups is 1. The molecule has 0 unspecified atom stereocenters. The van der Waals surface area contributed by atoms with Gasteiger partial charge in [-0.3, -0.25) is 0 Å². The molecule has 8 heteroatoms. The minimum absolute atomic E-state index is 0.0557. The molecule has 22 heavy (non-hydrogen) atoms. The molecule has 0 aromatic heterocycles. The molecule has 0 bridgehead atoms. The summed E-state index contributed by atoms with van der Waals surface area (Å²) >= 11 is 0. The summed E-state index contributed by atoms with van der Waals surface area (Å²) in [6.07, 6.45) is 0.00276. The zero-order chi connectivity index (χ0) is 17.0. The van der Waals surface area contributed by atoms with Gasteiger partial charge in [0.05, 0.1) is 18.8 Å². The number of rotatable bonds is 4. The molecule has 0 aliphatic carbocycles. The van der Waals surface area contributed by atoms with Gasteiger partial charge in [0.1, 0.15) is 0 Å². The Labute approximate surface area is 133 Å². The largest absolute Gasteiger partial charge is 0.450 e. The number of azide groups is 1. The summed E-state index contributed by atoms with van der Waals surface area (Å²) in [6.45, 7) is 13.9. The highest BCUT2D eigenvalue weighted by Gasteiger charge is 2.42. The minimum atomic E-state index is -2.01. The summed E-state index contributed by atoms with van der Waals surface area (Å²) in [4.78, 5) is 16.5. The summed E-state index contributed by atoms with van der Waals surface area (Å²) in [5.41, 5.74) is 8.76. The van der Waals surface area contributed by atoms with Crippen LogP contribution in [0.5, 0.6) is 0 Å². The van der Waals surface area contributed by atoms with E-state index in [1.54, 1.807) is 11.8 Å². The molecule has 1 heterocycles. The third-order valence-electron chi connectivity index (χ3n) is 4.50. The van der Waals surface area contributed by atoms with E-state index >= 15 is 0 Å². The van der Waals surface area contributed by atoms with Crippen LogP contribution >= 0.6 is 0 Å². The third-order valence-corrected chi connectivity index (χ3v) is 9.01. The predicted molar refractivity (Wildman–Crippen MR) is 88.2 cm³/mol. The predicted octanol–water partition coefficient (Wildman–Crippen LogP) is 3.92. The molecule has 0 spiro atoms. The number of piperidine rings is 1. The second kappa shape index (κ2) is 7.35. The van der Waals surface area contributed by atoms with Crippen molar-refractivity contribution in [3.63, 3.8) is 0 Å². The molecule has 0 aromatic carbocycles. The van der Waals surface area contributed by atoms with E-state index in [0.717, 1.165) is 0 Å². The normalized spacial score (nSPS) is 22.9. The van der Waals surface area contributed by atoms with Crippen LogP contribution in [-0.2, 0) is 9.16 Å². The fourth-order valence-electron chi connectivity index (χ4n) is 2.15. The van der Waals surface area contributed by atoms with Crippen molar-refractivity contribution in [3.8, 4) is 0 Å². The number of hydrogen-bond acceptors (Lipinski definition) is 4. The average Bonchev–Trinajstić information content (AvgIpc) is 2.39. The fourth-order valence-corrected chi connectivity index (χ4v) is 3.50. The third kappa shape index (κ3) is 4.63. The highest BCUT2D eigenvalue weighted by atomic mass is 28.4. The molecule has 7 nitrogen and oxygen atoms in total. The Morgan fingerprint density at radius 3 is 2.59 bits per heavy atom. The van der Waals surface area contributed by atoms with Crippen LogP contribution in [0.25, 0.3) is 10.4 Å². The lowest BCUT2D eigenvalue weighted by Gasteiger charge is -2.44. The Balaban J connectivity index is 2.88. The second-order valence-corrected chi connectivity index (χ2v) is 11.9. The van der Waals surface area contributed by atoms with Crippen molar-refractivity contribution in [2.24, 2.45) is 5.11 Å². The molecular formula is C14H28N4O3Si. The Hall–Kier alpha value is -1.24. The maximum atomic E-state index is 11.9. The molecule has 1 aliphatic heterocycles. The number of carbonyl (C=O) groups excluding carboxylic acids is 1. The Bertz CT molecular complexity index is 444. The first-order valence-corrected chi connectivity index (χ1v) is 10.7. The molecule has 1 amide bonds. The maximum Gasteiger partial charge on any atom is 0.409 e. The summed E-state index contributed by atoms with van der Waals surface area (Å²) in [5, 5.41) is 3.93. The Morgan fingerprint density at radius 2 is 2.09 bits per heavy atom. The molecule has 0 saturated carbocycles. The van der Waals surface area contributed by atoms with Gasteiger partial charge in [-0.15, -0.1) is 0 Å². The molecule has 126 valence electrons. The van der Waals surface area contributed by atoms with Crippen molar-refractivity contribution in [3.05, 3.63) is 10.4 Å². The number of amides is 1. The van der Waals surface area contributed by atoms with Gasteiger partial charge in [0.15, 0.2) is 8.32 Å². The lowest BCUT2D eigenvalue weighted by molar-refractivity contribution is 0.0456. The molecule has 0 radical (unpaired) electrons. The number of hydrogen-bond donors (Lipinski definition) is 0. The molecule has 1 fully saturated rings. The number of ether oxygens (including phenoxy) is 1. The first-order chi connectivity index (χ1) is 10.1. The van der Waals surface area contributed by atoms with E-state index < -0.39 is 8.32 Å². The van der Waals surface area contributed by atoms with E-state index in [-0.39, 0.29) is 23.3 Å². The zero-order valence-electron chi connectivity index (χ0n) is 14.5. The SMILES string of the molecule is CCOC(=O)N1CC[C@@H](N=[N+]=[N-])[C@@H](O[Si](C)(C)C(C)(C)C)C1. The second-order valence-electron chi connectivity index (χ2n) is 7.12. The molecule has 1 aliphatic rings. The van der Waals surface area contributed by atoms with Gasteiger partial charge in [0, 0.05) is 18.0 Å². The molecule has 1 saturated heterocycles. The van der Waals surface area contributed by atoms with E-state index in [4.69, 9.17) is 14.7 Å². The lowest BCUT2D eigenvalue weighted by Crippen LogP contribution is -2.55. The standard InChI is InChI=1S/C14H28N4O3Si/c1-7-20-13(19)18-9-8-11(16-17-15)12(10-18)21-22(5,6)14(2,3)4/h11-12H,7-10H2,1-6H3/t11-,12+/m1/s1. The highest BCUT2D eigenvalue weighted by molar-refractivity contribution is 6.74. The van der Waals surface area contributed by atoms with E-state index in [1.807, 2.05) is 0 Å². The summed E-state index contributed by atoms with van der Waals surface area (Å²) in [7, 11) is -2.01. The first kappa shape index (κ1) is 18.8. The van der Waals surface area contributed by atoms with E-state index in [1.165, 1.54) is 0 Å². The summed E-state index contributed by atoms with van der Waals surface area (Å²) < 4.78 is 11.5. The molecule has 0 aromatic rings. The Morgan fingerprint density at radius 1 is 1.45 bits per heavy atom. The van der Waals surface area contributed by atoms with Crippen molar-refractivity contribution >= 4 is 14.4 Å². The van der Waals surface area contributed by atoms with Crippen molar-refractivity contribution in [2.45, 2.75) is 64.4 Å². The van der Waals surface area contributed by atoms with Crippen LogP contribution < -0.4 is 0 Å². The van der Waals surface area contributed by atoms with Crippen LogP contribution in [0, 0.1) is 0 Å². The smallest absolute Gasteiger partial charge is 0.409 e. The van der Waals surface area contributed by atoms with E-state index in [0.29, 0.717) is 26.1 Å². The lowest BCUT2D eigenvalue weighted by atomic mass is 10.0. The van der Waals surface area contributed by atoms with Gasteiger partial charge in [0.25, 0.3) is 0 Å². The molecule has 0 N–H and O–H groups in total. The first-order valence-electron chi connectivity index (χ1n) is 7.76. The average molecular weight is 328 g/mol. The maximum absolute atomic E-state index is 11.9. The van der Waals surface area contributed by atoms with Crippen molar-refractivity contribution in [2.75, 3.05) is 19.7 Å². The van der Waals surface area contributed by atoms with Crippen LogP contribution in [0.2, 0.25) is 18.1 Å². The van der Waals surface area contributed by atoms with Gasteiger partial charge in [0.2, 0.25) is 0 Å². The van der Waals surface area contributed by atoms with Crippen LogP contribution in [0.4, 0.5) is 4.79 Å². The summed E-state index contributed by atoms with van der Waals surface area (Å²) in [6, 6.07) is -0.232. The van der Waals surface area contributed by atoms with Crippen LogP contribution in [-0.4, -0.2) is 51.2 Å². The van der Waals surface area contributed by atoms with Crippen LogP contribution in [0.15, 0.2) is 5.11 Å². The fraction of sp³-hybridized carbons (Fsp3) is 0.929. The van der Waals surface area contributed by atoms with Gasteiger partial charge in [-0.05, 0) is 37.0 Å². The van der Waals surface area contributed by atoms with Crippen molar-refractivity contribution in [1.29, 1.82) is 0 Å². The van der Waals surface area contributed by atoms with Gasteiger partial charge in [-0.1, -0.05) is 25.9 Å². The van der Waals surface area contributed by atoms with Crippen LogP contribution in [0.1, 0.15) is 34.1 Å². The van der Waals surface area contributed by atoms with Crippen LogP contribution in [0.3, 0.4) is 0 Å². The summed E-state index contributed by atoms with van der Waals surface area (Å²) in [5.74, 6) is 0. The molecular weight excluding hydrogens is 300 g/mol. The Kier molecular flexibility index (Phi) is 6.28. The van der Waals surface area contributed by atoms with E-state index in [2.05, 4.69) is 43.9 Å². The zero-order valence-corrected chi connectivity index (χ0v) is 15.5. The van der Waals surface area contributed by atoms with E-state index in [9.17, 15) is 4.79 Å². The molecule has 1 rings (SSSR count). The highest BCUT2D eigenvalue weighted by Crippen LogP contribution is 2.38. The van der Waals surface area contributed by atoms with Gasteiger partial charge in [-0.2, -0.15) is 0 Å². The monoisotopic (exact) mass is 328 g/mol.